The summed E-state index contributed by atoms with van der Waals surface area (Å²) < 4.78 is 1.70. The number of halogens is 1. The topological polar surface area (TPSA) is 30.7 Å². The van der Waals surface area contributed by atoms with Gasteiger partial charge in [-0.2, -0.15) is 11.8 Å². The van der Waals surface area contributed by atoms with Crippen molar-refractivity contribution >= 4 is 23.4 Å². The second kappa shape index (κ2) is 4.62. The lowest BCUT2D eigenvalue weighted by molar-refractivity contribution is 0.714. The van der Waals surface area contributed by atoms with Crippen LogP contribution in [0.15, 0.2) is 6.20 Å². The van der Waals surface area contributed by atoms with Crippen molar-refractivity contribution in [2.45, 2.75) is 5.75 Å². The molecule has 3 nitrogen and oxygen atoms in total. The number of aryl methyl sites for hydroxylation is 1. The van der Waals surface area contributed by atoms with E-state index in [0.29, 0.717) is 5.88 Å². The van der Waals surface area contributed by atoms with Crippen LogP contribution < -0.4 is 0 Å². The fraction of sp³-hybridized carbons (Fsp3) is 0.667. The average Bonchev–Trinajstić information content (AvgIpc) is 2.37. The molecule has 1 rings (SSSR count). The summed E-state index contributed by atoms with van der Waals surface area (Å²) >= 11 is 7.28. The van der Waals surface area contributed by atoms with Gasteiger partial charge in [-0.15, -0.1) is 16.7 Å². The van der Waals surface area contributed by atoms with Crippen molar-refractivity contribution in [3.8, 4) is 0 Å². The molecule has 0 bridgehead atoms. The zero-order valence-corrected chi connectivity index (χ0v) is 7.90. The first-order valence-corrected chi connectivity index (χ1v) is 5.01. The van der Waals surface area contributed by atoms with Crippen LogP contribution in [0.5, 0.6) is 0 Å². The summed E-state index contributed by atoms with van der Waals surface area (Å²) in [5.74, 6) is 2.57. The lowest BCUT2D eigenvalue weighted by Gasteiger charge is -1.91. The van der Waals surface area contributed by atoms with Crippen molar-refractivity contribution in [1.29, 1.82) is 0 Å². The SMILES string of the molecule is Cn1cc(CSCCCl)nn1. The van der Waals surface area contributed by atoms with Gasteiger partial charge < -0.3 is 0 Å². The van der Waals surface area contributed by atoms with Gasteiger partial charge in [-0.05, 0) is 0 Å². The minimum atomic E-state index is 0.699. The molecule has 11 heavy (non-hydrogen) atoms. The van der Waals surface area contributed by atoms with E-state index in [1.165, 1.54) is 0 Å². The van der Waals surface area contributed by atoms with Crippen molar-refractivity contribution < 1.29 is 0 Å². The Labute approximate surface area is 75.1 Å². The van der Waals surface area contributed by atoms with Gasteiger partial charge in [-0.1, -0.05) is 5.21 Å². The third kappa shape index (κ3) is 3.12. The van der Waals surface area contributed by atoms with E-state index in [1.807, 2.05) is 13.2 Å². The molecular formula is C6H10ClN3S. The monoisotopic (exact) mass is 191 g/mol. The molecule has 0 amide bonds. The zero-order valence-electron chi connectivity index (χ0n) is 6.33. The maximum absolute atomic E-state index is 5.51. The predicted molar refractivity (Wildman–Crippen MR) is 47.9 cm³/mol. The quantitative estimate of drug-likeness (QED) is 0.531. The Kier molecular flexibility index (Phi) is 3.72. The maximum Gasteiger partial charge on any atom is 0.0925 e. The van der Waals surface area contributed by atoms with Crippen molar-refractivity contribution in [3.63, 3.8) is 0 Å². The van der Waals surface area contributed by atoms with E-state index in [2.05, 4.69) is 10.3 Å². The van der Waals surface area contributed by atoms with Gasteiger partial charge in [-0.3, -0.25) is 4.68 Å². The van der Waals surface area contributed by atoms with Crippen LogP contribution in [0.1, 0.15) is 5.69 Å². The summed E-state index contributed by atoms with van der Waals surface area (Å²) in [4.78, 5) is 0. The van der Waals surface area contributed by atoms with E-state index in [-0.39, 0.29) is 0 Å². The van der Waals surface area contributed by atoms with Crippen molar-refractivity contribution in [1.82, 2.24) is 15.0 Å². The molecule has 0 radical (unpaired) electrons. The highest BCUT2D eigenvalue weighted by Crippen LogP contribution is 2.08. The second-order valence-electron chi connectivity index (χ2n) is 2.13. The van der Waals surface area contributed by atoms with Crippen molar-refractivity contribution in [3.05, 3.63) is 11.9 Å². The molecule has 0 spiro atoms. The molecule has 0 N–H and O–H groups in total. The Balaban J connectivity index is 2.27. The van der Waals surface area contributed by atoms with Gasteiger partial charge in [0.05, 0.1) is 5.69 Å². The Morgan fingerprint density at radius 1 is 1.73 bits per heavy atom. The van der Waals surface area contributed by atoms with Gasteiger partial charge in [0.2, 0.25) is 0 Å². The molecule has 0 saturated heterocycles. The zero-order chi connectivity index (χ0) is 8.10. The highest BCUT2D eigenvalue weighted by atomic mass is 35.5. The molecular weight excluding hydrogens is 182 g/mol. The number of nitrogens with zero attached hydrogens (tertiary/aromatic N) is 3. The summed E-state index contributed by atoms with van der Waals surface area (Å²) in [5, 5.41) is 7.75. The molecule has 0 aliphatic carbocycles. The van der Waals surface area contributed by atoms with Crippen LogP contribution in [0, 0.1) is 0 Å². The molecule has 1 aromatic heterocycles. The largest absolute Gasteiger partial charge is 0.255 e. The van der Waals surface area contributed by atoms with E-state index in [4.69, 9.17) is 11.6 Å². The van der Waals surface area contributed by atoms with Gasteiger partial charge in [0.25, 0.3) is 0 Å². The van der Waals surface area contributed by atoms with Crippen LogP contribution in [0.3, 0.4) is 0 Å². The van der Waals surface area contributed by atoms with Gasteiger partial charge in [0.1, 0.15) is 0 Å². The summed E-state index contributed by atoms with van der Waals surface area (Å²) in [7, 11) is 1.86. The van der Waals surface area contributed by atoms with Gasteiger partial charge in [-0.25, -0.2) is 0 Å². The van der Waals surface area contributed by atoms with Gasteiger partial charge in [0, 0.05) is 30.6 Å². The predicted octanol–water partition coefficient (Wildman–Crippen LogP) is 1.29. The van der Waals surface area contributed by atoms with Gasteiger partial charge >= 0.3 is 0 Å². The first kappa shape index (κ1) is 8.87. The Morgan fingerprint density at radius 3 is 3.09 bits per heavy atom. The normalized spacial score (nSPS) is 10.4. The first-order chi connectivity index (χ1) is 5.33. The van der Waals surface area contributed by atoms with Crippen LogP contribution in [0.2, 0.25) is 0 Å². The molecule has 62 valence electrons. The van der Waals surface area contributed by atoms with E-state index in [9.17, 15) is 0 Å². The number of thioether (sulfide) groups is 1. The Bertz CT molecular complexity index is 213. The molecule has 0 unspecified atom stereocenters. The minimum Gasteiger partial charge on any atom is -0.255 e. The van der Waals surface area contributed by atoms with Crippen LogP contribution in [0.25, 0.3) is 0 Å². The summed E-state index contributed by atoms with van der Waals surface area (Å²) in [6.45, 7) is 0. The molecule has 0 aromatic carbocycles. The van der Waals surface area contributed by atoms with Crippen LogP contribution in [-0.4, -0.2) is 26.6 Å². The Morgan fingerprint density at radius 2 is 2.55 bits per heavy atom. The van der Waals surface area contributed by atoms with E-state index < -0.39 is 0 Å². The first-order valence-electron chi connectivity index (χ1n) is 3.32. The highest BCUT2D eigenvalue weighted by Gasteiger charge is 1.96. The number of alkyl halides is 1. The van der Waals surface area contributed by atoms with Crippen LogP contribution in [0.4, 0.5) is 0 Å². The number of aromatic nitrogens is 3. The van der Waals surface area contributed by atoms with Crippen molar-refractivity contribution in [2.75, 3.05) is 11.6 Å². The third-order valence-corrected chi connectivity index (χ3v) is 2.53. The number of hydrogen-bond donors (Lipinski definition) is 0. The number of rotatable bonds is 4. The molecule has 1 aromatic rings. The van der Waals surface area contributed by atoms with Crippen LogP contribution in [-0.2, 0) is 12.8 Å². The lowest BCUT2D eigenvalue weighted by atomic mass is 10.6. The summed E-state index contributed by atoms with van der Waals surface area (Å²) in [5.41, 5.74) is 1.02. The Hall–Kier alpha value is -0.220. The summed E-state index contributed by atoms with van der Waals surface area (Å²) in [6, 6.07) is 0. The minimum absolute atomic E-state index is 0.699. The molecule has 0 atom stereocenters. The maximum atomic E-state index is 5.51. The summed E-state index contributed by atoms with van der Waals surface area (Å²) in [6.07, 6.45) is 1.92. The standard InChI is InChI=1S/C6H10ClN3S/c1-10-4-6(8-9-10)5-11-3-2-7/h4H,2-3,5H2,1H3. The molecule has 0 aliphatic heterocycles. The fourth-order valence-electron chi connectivity index (χ4n) is 0.693. The third-order valence-electron chi connectivity index (χ3n) is 1.12. The lowest BCUT2D eigenvalue weighted by Crippen LogP contribution is -1.85. The molecule has 0 aliphatic rings. The molecule has 0 saturated carbocycles. The smallest absolute Gasteiger partial charge is 0.0925 e. The molecule has 5 heteroatoms. The van der Waals surface area contributed by atoms with Crippen molar-refractivity contribution in [2.24, 2.45) is 7.05 Å². The molecule has 1 heterocycles. The van der Waals surface area contributed by atoms with E-state index in [1.54, 1.807) is 16.4 Å². The van der Waals surface area contributed by atoms with E-state index in [0.717, 1.165) is 17.2 Å². The highest BCUT2D eigenvalue weighted by molar-refractivity contribution is 7.98. The van der Waals surface area contributed by atoms with Gasteiger partial charge in [0.15, 0.2) is 0 Å². The number of hydrogen-bond acceptors (Lipinski definition) is 3. The molecule has 0 fully saturated rings. The van der Waals surface area contributed by atoms with E-state index >= 15 is 0 Å². The fourth-order valence-corrected chi connectivity index (χ4v) is 1.61. The van der Waals surface area contributed by atoms with Crippen LogP contribution >= 0.6 is 23.4 Å². The second-order valence-corrected chi connectivity index (χ2v) is 3.61. The average molecular weight is 192 g/mol.